The number of nitriles is 1. The van der Waals surface area contributed by atoms with Crippen LogP contribution in [-0.2, 0) is 0 Å². The predicted molar refractivity (Wildman–Crippen MR) is 88.1 cm³/mol. The monoisotopic (exact) mass is 292 g/mol. The van der Waals surface area contributed by atoms with Crippen LogP contribution in [0.4, 0.5) is 11.4 Å². The van der Waals surface area contributed by atoms with Crippen LogP contribution in [0.25, 0.3) is 10.8 Å². The normalized spacial score (nSPS) is 10.3. The van der Waals surface area contributed by atoms with Gasteiger partial charge in [-0.2, -0.15) is 5.26 Å². The van der Waals surface area contributed by atoms with Crippen molar-refractivity contribution in [3.63, 3.8) is 0 Å². The summed E-state index contributed by atoms with van der Waals surface area (Å²) in [6.45, 7) is 2.01. The predicted octanol–water partition coefficient (Wildman–Crippen LogP) is 5.42. The van der Waals surface area contributed by atoms with Gasteiger partial charge in [0, 0.05) is 16.5 Å². The molecule has 0 atom stereocenters. The second kappa shape index (κ2) is 5.47. The van der Waals surface area contributed by atoms with Crippen molar-refractivity contribution < 1.29 is 0 Å². The molecule has 0 heterocycles. The van der Waals surface area contributed by atoms with Gasteiger partial charge in [0.05, 0.1) is 22.3 Å². The number of rotatable bonds is 2. The van der Waals surface area contributed by atoms with Crippen LogP contribution in [0, 0.1) is 18.3 Å². The highest BCUT2D eigenvalue weighted by Crippen LogP contribution is 2.33. The van der Waals surface area contributed by atoms with Crippen molar-refractivity contribution in [2.45, 2.75) is 6.92 Å². The fraction of sp³-hybridized carbons (Fsp3) is 0.0556. The van der Waals surface area contributed by atoms with Crippen LogP contribution < -0.4 is 5.32 Å². The van der Waals surface area contributed by atoms with Gasteiger partial charge in [-0.05, 0) is 30.7 Å². The largest absolute Gasteiger partial charge is 0.354 e. The van der Waals surface area contributed by atoms with Crippen molar-refractivity contribution in [1.29, 1.82) is 5.26 Å². The van der Waals surface area contributed by atoms with Crippen molar-refractivity contribution in [2.24, 2.45) is 0 Å². The van der Waals surface area contributed by atoms with E-state index >= 15 is 0 Å². The fourth-order valence-electron chi connectivity index (χ4n) is 2.43. The van der Waals surface area contributed by atoms with Crippen molar-refractivity contribution >= 4 is 33.7 Å². The molecule has 2 nitrogen and oxygen atoms in total. The average Bonchev–Trinajstić information content (AvgIpc) is 2.51. The summed E-state index contributed by atoms with van der Waals surface area (Å²) in [7, 11) is 0. The summed E-state index contributed by atoms with van der Waals surface area (Å²) < 4.78 is 0. The molecule has 0 saturated heterocycles. The molecule has 0 radical (unpaired) electrons. The van der Waals surface area contributed by atoms with E-state index in [0.717, 1.165) is 27.7 Å². The highest BCUT2D eigenvalue weighted by molar-refractivity contribution is 6.33. The van der Waals surface area contributed by atoms with Gasteiger partial charge in [-0.1, -0.05) is 48.0 Å². The lowest BCUT2D eigenvalue weighted by atomic mass is 10.0. The third kappa shape index (κ3) is 2.44. The number of anilines is 2. The lowest BCUT2D eigenvalue weighted by molar-refractivity contribution is 1.44. The molecule has 3 heteroatoms. The van der Waals surface area contributed by atoms with Crippen molar-refractivity contribution in [2.75, 3.05) is 5.32 Å². The van der Waals surface area contributed by atoms with Crippen molar-refractivity contribution in [3.05, 3.63) is 70.7 Å². The Morgan fingerprint density at radius 3 is 2.43 bits per heavy atom. The zero-order valence-corrected chi connectivity index (χ0v) is 12.3. The van der Waals surface area contributed by atoms with Gasteiger partial charge in [0.25, 0.3) is 0 Å². The molecule has 0 spiro atoms. The van der Waals surface area contributed by atoms with E-state index < -0.39 is 0 Å². The van der Waals surface area contributed by atoms with E-state index in [2.05, 4.69) is 11.4 Å². The number of benzene rings is 3. The first-order valence-electron chi connectivity index (χ1n) is 6.64. The van der Waals surface area contributed by atoms with E-state index in [9.17, 15) is 5.26 Å². The van der Waals surface area contributed by atoms with Gasteiger partial charge in [0.1, 0.15) is 0 Å². The van der Waals surface area contributed by atoms with Crippen LogP contribution in [0.15, 0.2) is 54.6 Å². The molecule has 0 aliphatic heterocycles. The van der Waals surface area contributed by atoms with Crippen LogP contribution in [-0.4, -0.2) is 0 Å². The minimum atomic E-state index is 0.673. The number of halogens is 1. The number of para-hydroxylation sites is 1. The maximum Gasteiger partial charge on any atom is 0.0998 e. The van der Waals surface area contributed by atoms with E-state index in [4.69, 9.17) is 11.6 Å². The Morgan fingerprint density at radius 2 is 1.71 bits per heavy atom. The molecule has 3 aromatic rings. The highest BCUT2D eigenvalue weighted by atomic mass is 35.5. The van der Waals surface area contributed by atoms with Crippen LogP contribution in [0.2, 0.25) is 5.02 Å². The molecule has 0 aliphatic carbocycles. The standard InChI is InChI=1S/C18H13ClN2/c1-12-5-4-8-16(19)18(12)21-17-10-9-13(11-20)14-6-2-3-7-15(14)17/h2-10,21H,1H3. The van der Waals surface area contributed by atoms with Gasteiger partial charge in [-0.15, -0.1) is 0 Å². The molecule has 0 bridgehead atoms. The Labute approximate surface area is 128 Å². The van der Waals surface area contributed by atoms with Gasteiger partial charge in [-0.3, -0.25) is 0 Å². The average molecular weight is 293 g/mol. The number of fused-ring (bicyclic) bond motifs is 1. The number of aryl methyl sites for hydroxylation is 1. The summed E-state index contributed by atoms with van der Waals surface area (Å²) in [6, 6.07) is 19.7. The first-order valence-corrected chi connectivity index (χ1v) is 7.02. The summed E-state index contributed by atoms with van der Waals surface area (Å²) in [5.41, 5.74) is 3.60. The summed E-state index contributed by atoms with van der Waals surface area (Å²) in [6.07, 6.45) is 0. The van der Waals surface area contributed by atoms with Gasteiger partial charge in [-0.25, -0.2) is 0 Å². The number of nitrogens with one attached hydrogen (secondary N) is 1. The first kappa shape index (κ1) is 13.5. The third-order valence-electron chi connectivity index (χ3n) is 3.53. The van der Waals surface area contributed by atoms with E-state index in [1.54, 1.807) is 0 Å². The second-order valence-electron chi connectivity index (χ2n) is 4.87. The van der Waals surface area contributed by atoms with E-state index in [-0.39, 0.29) is 0 Å². The molecule has 0 fully saturated rings. The molecule has 1 N–H and O–H groups in total. The Hall–Kier alpha value is -2.50. The Morgan fingerprint density at radius 1 is 0.952 bits per heavy atom. The SMILES string of the molecule is Cc1cccc(Cl)c1Nc1ccc(C#N)c2ccccc12. The van der Waals surface area contributed by atoms with Crippen LogP contribution >= 0.6 is 11.6 Å². The summed E-state index contributed by atoms with van der Waals surface area (Å²) in [4.78, 5) is 0. The summed E-state index contributed by atoms with van der Waals surface area (Å²) >= 11 is 6.27. The molecule has 0 unspecified atom stereocenters. The quantitative estimate of drug-likeness (QED) is 0.685. The highest BCUT2D eigenvalue weighted by Gasteiger charge is 2.08. The molecule has 3 rings (SSSR count). The smallest absolute Gasteiger partial charge is 0.0998 e. The molecule has 0 aromatic heterocycles. The molecule has 21 heavy (non-hydrogen) atoms. The molecule has 0 saturated carbocycles. The Kier molecular flexibility index (Phi) is 3.51. The molecule has 0 amide bonds. The summed E-state index contributed by atoms with van der Waals surface area (Å²) in [5.74, 6) is 0. The summed E-state index contributed by atoms with van der Waals surface area (Å²) in [5, 5.41) is 15.2. The zero-order valence-electron chi connectivity index (χ0n) is 11.5. The molecular weight excluding hydrogens is 280 g/mol. The maximum atomic E-state index is 9.21. The number of nitrogens with zero attached hydrogens (tertiary/aromatic N) is 1. The van der Waals surface area contributed by atoms with Gasteiger partial charge >= 0.3 is 0 Å². The van der Waals surface area contributed by atoms with Crippen LogP contribution in [0.1, 0.15) is 11.1 Å². The van der Waals surface area contributed by atoms with E-state index in [1.165, 1.54) is 0 Å². The van der Waals surface area contributed by atoms with Crippen molar-refractivity contribution in [1.82, 2.24) is 0 Å². The molecule has 3 aromatic carbocycles. The van der Waals surface area contributed by atoms with Crippen LogP contribution in [0.3, 0.4) is 0 Å². The Balaban J connectivity index is 2.17. The second-order valence-corrected chi connectivity index (χ2v) is 5.28. The lowest BCUT2D eigenvalue weighted by Gasteiger charge is -2.14. The van der Waals surface area contributed by atoms with E-state index in [0.29, 0.717) is 10.6 Å². The topological polar surface area (TPSA) is 35.8 Å². The minimum absolute atomic E-state index is 0.673. The van der Waals surface area contributed by atoms with Gasteiger partial charge < -0.3 is 5.32 Å². The molecule has 0 aliphatic rings. The molecule has 102 valence electrons. The minimum Gasteiger partial charge on any atom is -0.354 e. The lowest BCUT2D eigenvalue weighted by Crippen LogP contribution is -1.96. The van der Waals surface area contributed by atoms with Crippen molar-refractivity contribution in [3.8, 4) is 6.07 Å². The zero-order chi connectivity index (χ0) is 14.8. The number of hydrogen-bond donors (Lipinski definition) is 1. The fourth-order valence-corrected chi connectivity index (χ4v) is 2.70. The van der Waals surface area contributed by atoms with Gasteiger partial charge in [0.2, 0.25) is 0 Å². The van der Waals surface area contributed by atoms with E-state index in [1.807, 2.05) is 61.5 Å². The number of hydrogen-bond acceptors (Lipinski definition) is 2. The maximum absolute atomic E-state index is 9.21. The first-order chi connectivity index (χ1) is 10.2. The molecular formula is C18H13ClN2. The van der Waals surface area contributed by atoms with Gasteiger partial charge in [0.15, 0.2) is 0 Å². The van der Waals surface area contributed by atoms with Crippen LogP contribution in [0.5, 0.6) is 0 Å². The third-order valence-corrected chi connectivity index (χ3v) is 3.84. The Bertz CT molecular complexity index is 842.